The summed E-state index contributed by atoms with van der Waals surface area (Å²) >= 11 is 1.80. The first-order valence-electron chi connectivity index (χ1n) is 16.5. The van der Waals surface area contributed by atoms with Crippen LogP contribution in [0.25, 0.3) is 10.1 Å². The molecule has 0 amide bonds. The number of aliphatic carboxylic acids is 1. The van der Waals surface area contributed by atoms with E-state index in [0.717, 1.165) is 23.2 Å². The minimum atomic E-state index is -3.25. The highest BCUT2D eigenvalue weighted by atomic mass is 32.1. The molecule has 1 aliphatic carbocycles. The molecule has 5 rings (SSSR count). The second kappa shape index (κ2) is 15.0. The minimum Gasteiger partial charge on any atom is -0.481 e. The molecule has 7 heteroatoms. The fraction of sp³-hybridized carbons (Fsp3) is 0.385. The molecule has 0 radical (unpaired) electrons. The number of allylic oxidation sites excluding steroid dienone is 2. The molecule has 1 aliphatic rings. The summed E-state index contributed by atoms with van der Waals surface area (Å²) in [5.41, 5.74) is 0. The Morgan fingerprint density at radius 1 is 0.978 bits per heavy atom. The Kier molecular flexibility index (Phi) is 11.1. The van der Waals surface area contributed by atoms with Gasteiger partial charge in [0.25, 0.3) is 8.32 Å². The fourth-order valence-corrected chi connectivity index (χ4v) is 12.4. The van der Waals surface area contributed by atoms with Crippen molar-refractivity contribution >= 4 is 51.9 Å². The van der Waals surface area contributed by atoms with E-state index in [9.17, 15) is 19.5 Å². The molecule has 0 unspecified atom stereocenters. The van der Waals surface area contributed by atoms with Gasteiger partial charge in [0.2, 0.25) is 0 Å². The van der Waals surface area contributed by atoms with Gasteiger partial charge < -0.3 is 15.0 Å². The lowest BCUT2D eigenvalue weighted by molar-refractivity contribution is -0.137. The van der Waals surface area contributed by atoms with E-state index in [1.165, 1.54) is 15.0 Å². The van der Waals surface area contributed by atoms with Gasteiger partial charge in [0.15, 0.2) is 0 Å². The number of carbonyl (C=O) groups is 2. The van der Waals surface area contributed by atoms with Gasteiger partial charge in [0, 0.05) is 28.3 Å². The first kappa shape index (κ1) is 34.0. The molecule has 242 valence electrons. The predicted octanol–water partition coefficient (Wildman–Crippen LogP) is 7.45. The van der Waals surface area contributed by atoms with Crippen molar-refractivity contribution in [3.63, 3.8) is 0 Å². The van der Waals surface area contributed by atoms with Crippen LogP contribution in [-0.2, 0) is 9.59 Å². The molecular weight excluding hydrogens is 609 g/mol. The van der Waals surface area contributed by atoms with E-state index in [0.29, 0.717) is 25.7 Å². The van der Waals surface area contributed by atoms with Crippen molar-refractivity contribution < 1.29 is 24.6 Å². The molecule has 3 N–H and O–H groups in total. The lowest BCUT2D eigenvalue weighted by Crippen LogP contribution is -2.65. The van der Waals surface area contributed by atoms with Gasteiger partial charge in [0.05, 0.1) is 6.10 Å². The Balaban J connectivity index is 1.42. The maximum Gasteiger partial charge on any atom is 0.303 e. The van der Waals surface area contributed by atoms with Crippen LogP contribution < -0.4 is 10.4 Å². The van der Waals surface area contributed by atoms with E-state index in [4.69, 9.17) is 5.11 Å². The lowest BCUT2D eigenvalue weighted by Gasteiger charge is -2.43. The predicted molar refractivity (Wildman–Crippen MR) is 190 cm³/mol. The summed E-state index contributed by atoms with van der Waals surface area (Å²) in [6.45, 7) is 4.42. The van der Waals surface area contributed by atoms with Gasteiger partial charge in [-0.25, -0.2) is 0 Å². The highest BCUT2D eigenvalue weighted by molar-refractivity contribution is 7.19. The van der Waals surface area contributed by atoms with Crippen molar-refractivity contribution in [1.82, 2.24) is 0 Å². The number of aliphatic hydroxyl groups is 1. The second-order valence-electron chi connectivity index (χ2n) is 13.5. The van der Waals surface area contributed by atoms with E-state index < -0.39 is 25.4 Å². The number of carbonyl (C=O) groups excluding carboxylic acids is 1. The van der Waals surface area contributed by atoms with E-state index in [1.807, 2.05) is 48.6 Å². The average molecular weight is 655 g/mol. The number of ketones is 1. The molecule has 1 fully saturated rings. The standard InChI is InChI=1S/C39H46O5SSi/c1-39(2,46(44,30-16-7-5-8-17-30)31-18-9-6-10-19-31)27-29(37-25-28-15-13-14-21-36(28)45-37)23-24-33-32(34(40)26-35(33)41)20-11-3-4-12-22-38(42)43/h3,5-11,13-19,21,25,29,32-34,40,44H,4,12,20,22-24,26-27H2,1-2H3,(H,42,43)/b11-3-/t29-,32+,33+,34-/m0/s1. The van der Waals surface area contributed by atoms with Crippen LogP contribution in [0.5, 0.6) is 0 Å². The molecule has 0 aliphatic heterocycles. The number of carboxylic acid groups (broad SMARTS) is 1. The number of hydrogen-bond donors (Lipinski definition) is 3. The van der Waals surface area contributed by atoms with Crippen LogP contribution in [0.15, 0.2) is 103 Å². The van der Waals surface area contributed by atoms with Crippen molar-refractivity contribution in [3.8, 4) is 0 Å². The molecule has 1 saturated carbocycles. The van der Waals surface area contributed by atoms with Crippen molar-refractivity contribution in [2.75, 3.05) is 0 Å². The number of hydrogen-bond acceptors (Lipinski definition) is 5. The number of aliphatic hydroxyl groups excluding tert-OH is 1. The topological polar surface area (TPSA) is 94.8 Å². The molecule has 0 bridgehead atoms. The number of rotatable bonds is 15. The number of benzene rings is 3. The third-order valence-electron chi connectivity index (χ3n) is 9.96. The molecule has 0 saturated heterocycles. The number of unbranched alkanes of at least 4 members (excludes halogenated alkanes) is 1. The zero-order chi connectivity index (χ0) is 32.7. The van der Waals surface area contributed by atoms with Crippen molar-refractivity contribution in [2.24, 2.45) is 11.8 Å². The zero-order valence-electron chi connectivity index (χ0n) is 26.8. The largest absolute Gasteiger partial charge is 0.481 e. The molecule has 4 aromatic rings. The molecule has 3 aromatic carbocycles. The van der Waals surface area contributed by atoms with Gasteiger partial charge in [-0.15, -0.1) is 11.3 Å². The Hall–Kier alpha value is -3.36. The van der Waals surface area contributed by atoms with Crippen molar-refractivity contribution in [2.45, 2.75) is 82.3 Å². The molecule has 46 heavy (non-hydrogen) atoms. The summed E-state index contributed by atoms with van der Waals surface area (Å²) in [6, 6.07) is 31.0. The van der Waals surface area contributed by atoms with Crippen LogP contribution in [0.1, 0.15) is 76.0 Å². The lowest BCUT2D eigenvalue weighted by atomic mass is 9.82. The number of Topliss-reactive ketones (excluding diaryl/α,β-unsaturated/α-hetero) is 1. The molecule has 5 nitrogen and oxygen atoms in total. The van der Waals surface area contributed by atoms with Gasteiger partial charge >= 0.3 is 5.97 Å². The van der Waals surface area contributed by atoms with Crippen LogP contribution in [0.4, 0.5) is 0 Å². The average Bonchev–Trinajstić information content (AvgIpc) is 3.60. The Bertz CT molecular complexity index is 1560. The Labute approximate surface area is 277 Å². The summed E-state index contributed by atoms with van der Waals surface area (Å²) in [4.78, 5) is 38.2. The maximum atomic E-state index is 13.2. The second-order valence-corrected chi connectivity index (χ2v) is 18.5. The summed E-state index contributed by atoms with van der Waals surface area (Å²) < 4.78 is 1.23. The van der Waals surface area contributed by atoms with Gasteiger partial charge in [-0.2, -0.15) is 0 Å². The van der Waals surface area contributed by atoms with Gasteiger partial charge in [-0.05, 0) is 83.3 Å². The van der Waals surface area contributed by atoms with Gasteiger partial charge in [0.1, 0.15) is 5.78 Å². The maximum absolute atomic E-state index is 13.2. The third-order valence-corrected chi connectivity index (χ3v) is 15.7. The van der Waals surface area contributed by atoms with E-state index in [1.54, 1.807) is 11.3 Å². The van der Waals surface area contributed by atoms with Crippen LogP contribution in [0.3, 0.4) is 0 Å². The fourth-order valence-electron chi connectivity index (χ4n) is 7.45. The van der Waals surface area contributed by atoms with Crippen molar-refractivity contribution in [1.29, 1.82) is 0 Å². The smallest absolute Gasteiger partial charge is 0.303 e. The Morgan fingerprint density at radius 2 is 1.61 bits per heavy atom. The van der Waals surface area contributed by atoms with E-state index in [-0.39, 0.29) is 36.4 Å². The highest BCUT2D eigenvalue weighted by Crippen LogP contribution is 2.48. The van der Waals surface area contributed by atoms with E-state index >= 15 is 0 Å². The first-order chi connectivity index (χ1) is 22.1. The van der Waals surface area contributed by atoms with E-state index in [2.05, 4.69) is 68.4 Å². The number of carboxylic acids is 1. The van der Waals surface area contributed by atoms with Gasteiger partial charge in [-0.3, -0.25) is 9.59 Å². The normalized spacial score (nSPS) is 19.7. The Morgan fingerprint density at radius 3 is 2.24 bits per heavy atom. The molecular formula is C39H46O5SSi. The summed E-state index contributed by atoms with van der Waals surface area (Å²) in [5, 5.41) is 22.5. The van der Waals surface area contributed by atoms with Crippen LogP contribution in [0.2, 0.25) is 5.04 Å². The molecule has 4 atom stereocenters. The van der Waals surface area contributed by atoms with Crippen LogP contribution >= 0.6 is 11.3 Å². The molecule has 0 spiro atoms. The zero-order valence-corrected chi connectivity index (χ0v) is 28.7. The third kappa shape index (κ3) is 7.60. The summed E-state index contributed by atoms with van der Waals surface area (Å²) in [6.07, 6.45) is 7.75. The monoisotopic (exact) mass is 654 g/mol. The van der Waals surface area contributed by atoms with Crippen LogP contribution in [-0.4, -0.2) is 41.2 Å². The molecule has 1 heterocycles. The highest BCUT2D eigenvalue weighted by Gasteiger charge is 2.51. The van der Waals surface area contributed by atoms with Crippen LogP contribution in [0, 0.1) is 11.8 Å². The minimum absolute atomic E-state index is 0.122. The number of thiophene rings is 1. The quantitative estimate of drug-likeness (QED) is 0.0703. The molecule has 1 aromatic heterocycles. The SMILES string of the molecule is CC(C)(C[C@H](CC[C@H]1C(=O)C[C@H](O)[C@@H]1C/C=C\CCCC(=O)O)c1cc2ccccc2s1)[Si](O)(c1ccccc1)c1ccccc1. The summed E-state index contributed by atoms with van der Waals surface area (Å²) in [7, 11) is -3.25. The van der Waals surface area contributed by atoms with Crippen molar-refractivity contribution in [3.05, 3.63) is 108 Å². The van der Waals surface area contributed by atoms with Gasteiger partial charge in [-0.1, -0.05) is 105 Å². The first-order valence-corrected chi connectivity index (χ1v) is 19.3. The number of fused-ring (bicyclic) bond motifs is 1. The summed E-state index contributed by atoms with van der Waals surface area (Å²) in [5.74, 6) is -0.908.